The zero-order chi connectivity index (χ0) is 7.56. The van der Waals surface area contributed by atoms with Crippen molar-refractivity contribution < 1.29 is 4.79 Å². The number of hydrogen-bond donors (Lipinski definition) is 0. The smallest absolute Gasteiger partial charge is 0.139 e. The van der Waals surface area contributed by atoms with Crippen LogP contribution >= 0.6 is 0 Å². The average Bonchev–Trinajstić information content (AvgIpc) is 2.34. The first-order chi connectivity index (χ1) is 4.75. The quantitative estimate of drug-likeness (QED) is 0.535. The Kier molecular flexibility index (Phi) is 2.25. The number of rotatable bonds is 2. The molecule has 1 aliphatic carbocycles. The van der Waals surface area contributed by atoms with E-state index in [4.69, 9.17) is 0 Å². The van der Waals surface area contributed by atoms with E-state index in [1.165, 1.54) is 0 Å². The van der Waals surface area contributed by atoms with Crippen LogP contribution in [0, 0.1) is 5.92 Å². The monoisotopic (exact) mass is 138 g/mol. The second-order valence-electron chi connectivity index (χ2n) is 2.92. The fourth-order valence-corrected chi connectivity index (χ4v) is 1.55. The largest absolute Gasteiger partial charge is 0.299 e. The van der Waals surface area contributed by atoms with Gasteiger partial charge in [0.25, 0.3) is 0 Å². The summed E-state index contributed by atoms with van der Waals surface area (Å²) in [5.41, 5.74) is 1.16. The second-order valence-corrected chi connectivity index (χ2v) is 2.92. The molecule has 0 amide bonds. The Morgan fingerprint density at radius 3 is 2.90 bits per heavy atom. The highest BCUT2D eigenvalue weighted by Crippen LogP contribution is 2.30. The van der Waals surface area contributed by atoms with Crippen LogP contribution in [0.15, 0.2) is 12.2 Å². The van der Waals surface area contributed by atoms with Crippen LogP contribution in [0.1, 0.15) is 32.6 Å². The van der Waals surface area contributed by atoms with E-state index < -0.39 is 0 Å². The topological polar surface area (TPSA) is 17.1 Å². The van der Waals surface area contributed by atoms with E-state index in [0.717, 1.165) is 24.8 Å². The summed E-state index contributed by atoms with van der Waals surface area (Å²) < 4.78 is 0. The van der Waals surface area contributed by atoms with Crippen LogP contribution in [0.3, 0.4) is 0 Å². The third-order valence-electron chi connectivity index (χ3n) is 2.22. The third kappa shape index (κ3) is 1.28. The standard InChI is InChI=1S/C9H14O/c1-3-9(10)8-6-4-5-7(8)2/h8H,2-6H2,1H3/t8-/m1/s1. The third-order valence-corrected chi connectivity index (χ3v) is 2.22. The van der Waals surface area contributed by atoms with Crippen molar-refractivity contribution in [3.8, 4) is 0 Å². The van der Waals surface area contributed by atoms with Gasteiger partial charge in [-0.15, -0.1) is 0 Å². The molecule has 1 saturated carbocycles. The number of carbonyl (C=O) groups excluding carboxylic acids is 1. The van der Waals surface area contributed by atoms with Gasteiger partial charge in [0.15, 0.2) is 0 Å². The van der Waals surface area contributed by atoms with Gasteiger partial charge in [0.2, 0.25) is 0 Å². The minimum absolute atomic E-state index is 0.213. The molecule has 1 atom stereocenters. The molecule has 0 heterocycles. The van der Waals surface area contributed by atoms with Gasteiger partial charge in [0, 0.05) is 12.3 Å². The van der Waals surface area contributed by atoms with Gasteiger partial charge in [0.1, 0.15) is 5.78 Å². The first kappa shape index (κ1) is 7.52. The molecule has 0 aromatic carbocycles. The minimum atomic E-state index is 0.213. The molecule has 0 unspecified atom stereocenters. The van der Waals surface area contributed by atoms with E-state index in [2.05, 4.69) is 6.58 Å². The number of hydrogen-bond acceptors (Lipinski definition) is 1. The zero-order valence-corrected chi connectivity index (χ0v) is 6.52. The van der Waals surface area contributed by atoms with Crippen LogP contribution in [-0.2, 0) is 4.79 Å². The van der Waals surface area contributed by atoms with Crippen molar-refractivity contribution in [3.63, 3.8) is 0 Å². The van der Waals surface area contributed by atoms with Crippen molar-refractivity contribution in [2.45, 2.75) is 32.6 Å². The molecule has 0 N–H and O–H groups in total. The van der Waals surface area contributed by atoms with E-state index >= 15 is 0 Å². The summed E-state index contributed by atoms with van der Waals surface area (Å²) in [5, 5.41) is 0. The fraction of sp³-hybridized carbons (Fsp3) is 0.667. The minimum Gasteiger partial charge on any atom is -0.299 e. The van der Waals surface area contributed by atoms with Crippen molar-refractivity contribution in [2.24, 2.45) is 5.92 Å². The van der Waals surface area contributed by atoms with E-state index in [-0.39, 0.29) is 5.92 Å². The first-order valence-corrected chi connectivity index (χ1v) is 3.96. The van der Waals surface area contributed by atoms with Crippen molar-refractivity contribution in [3.05, 3.63) is 12.2 Å². The summed E-state index contributed by atoms with van der Waals surface area (Å²) in [6.07, 6.45) is 3.95. The molecule has 56 valence electrons. The molecule has 0 radical (unpaired) electrons. The van der Waals surface area contributed by atoms with Gasteiger partial charge in [0.05, 0.1) is 0 Å². The molecular weight excluding hydrogens is 124 g/mol. The lowest BCUT2D eigenvalue weighted by molar-refractivity contribution is -0.121. The van der Waals surface area contributed by atoms with Crippen LogP contribution < -0.4 is 0 Å². The van der Waals surface area contributed by atoms with E-state index in [0.29, 0.717) is 12.2 Å². The number of ketones is 1. The molecular formula is C9H14O. The zero-order valence-electron chi connectivity index (χ0n) is 6.52. The van der Waals surface area contributed by atoms with Crippen LogP contribution in [0.25, 0.3) is 0 Å². The Morgan fingerprint density at radius 1 is 1.80 bits per heavy atom. The summed E-state index contributed by atoms with van der Waals surface area (Å²) in [7, 11) is 0. The Hall–Kier alpha value is -0.590. The maximum Gasteiger partial charge on any atom is 0.139 e. The molecule has 0 aromatic rings. The molecule has 10 heavy (non-hydrogen) atoms. The highest BCUT2D eigenvalue weighted by Gasteiger charge is 2.24. The average molecular weight is 138 g/mol. The summed E-state index contributed by atoms with van der Waals surface area (Å²) >= 11 is 0. The number of carbonyl (C=O) groups is 1. The summed E-state index contributed by atoms with van der Waals surface area (Å²) in [4.78, 5) is 11.2. The predicted molar refractivity (Wildman–Crippen MR) is 41.8 cm³/mol. The molecule has 1 heteroatoms. The first-order valence-electron chi connectivity index (χ1n) is 3.96. The highest BCUT2D eigenvalue weighted by atomic mass is 16.1. The summed E-state index contributed by atoms with van der Waals surface area (Å²) in [5.74, 6) is 0.590. The van der Waals surface area contributed by atoms with Crippen LogP contribution in [0.2, 0.25) is 0 Å². The number of Topliss-reactive ketones (excluding diaryl/α,β-unsaturated/α-hetero) is 1. The second kappa shape index (κ2) is 3.00. The van der Waals surface area contributed by atoms with Crippen molar-refractivity contribution in [1.82, 2.24) is 0 Å². The van der Waals surface area contributed by atoms with Crippen molar-refractivity contribution >= 4 is 5.78 Å². The molecule has 1 fully saturated rings. The lowest BCUT2D eigenvalue weighted by atomic mass is 9.97. The molecule has 0 aliphatic heterocycles. The van der Waals surface area contributed by atoms with Gasteiger partial charge in [-0.3, -0.25) is 4.79 Å². The summed E-state index contributed by atoms with van der Waals surface area (Å²) in [6.45, 7) is 5.81. The molecule has 0 spiro atoms. The van der Waals surface area contributed by atoms with Gasteiger partial charge in [-0.1, -0.05) is 19.1 Å². The van der Waals surface area contributed by atoms with E-state index in [1.807, 2.05) is 6.92 Å². The van der Waals surface area contributed by atoms with E-state index in [9.17, 15) is 4.79 Å². The van der Waals surface area contributed by atoms with Crippen molar-refractivity contribution in [1.29, 1.82) is 0 Å². The summed E-state index contributed by atoms with van der Waals surface area (Å²) in [6, 6.07) is 0. The Balaban J connectivity index is 2.55. The van der Waals surface area contributed by atoms with Crippen LogP contribution in [-0.4, -0.2) is 5.78 Å². The predicted octanol–water partition coefficient (Wildman–Crippen LogP) is 2.32. The molecule has 0 bridgehead atoms. The molecule has 1 rings (SSSR count). The van der Waals surface area contributed by atoms with Gasteiger partial charge >= 0.3 is 0 Å². The normalized spacial score (nSPS) is 25.3. The van der Waals surface area contributed by atoms with Gasteiger partial charge < -0.3 is 0 Å². The maximum atomic E-state index is 11.2. The SMILES string of the molecule is C=C1CCC[C@H]1C(=O)CC. The van der Waals surface area contributed by atoms with Gasteiger partial charge in [-0.25, -0.2) is 0 Å². The molecule has 0 saturated heterocycles. The molecule has 0 aromatic heterocycles. The van der Waals surface area contributed by atoms with Crippen LogP contribution in [0.5, 0.6) is 0 Å². The van der Waals surface area contributed by atoms with Crippen LogP contribution in [0.4, 0.5) is 0 Å². The lowest BCUT2D eigenvalue weighted by Gasteiger charge is -2.06. The fourth-order valence-electron chi connectivity index (χ4n) is 1.55. The Bertz CT molecular complexity index is 158. The Morgan fingerprint density at radius 2 is 2.50 bits per heavy atom. The number of allylic oxidation sites excluding steroid dienone is 1. The van der Waals surface area contributed by atoms with Crippen molar-refractivity contribution in [2.75, 3.05) is 0 Å². The maximum absolute atomic E-state index is 11.2. The van der Waals surface area contributed by atoms with Gasteiger partial charge in [-0.05, 0) is 19.3 Å². The highest BCUT2D eigenvalue weighted by molar-refractivity contribution is 5.83. The molecule has 1 nitrogen and oxygen atoms in total. The van der Waals surface area contributed by atoms with E-state index in [1.54, 1.807) is 0 Å². The lowest BCUT2D eigenvalue weighted by Crippen LogP contribution is -2.10. The Labute approximate surface area is 62.1 Å². The molecule has 1 aliphatic rings. The van der Waals surface area contributed by atoms with Gasteiger partial charge in [-0.2, -0.15) is 0 Å².